The van der Waals surface area contributed by atoms with Crippen molar-refractivity contribution in [2.24, 2.45) is 0 Å². The zero-order chi connectivity index (χ0) is 22.2. The van der Waals surface area contributed by atoms with Gasteiger partial charge in [0.25, 0.3) is 0 Å². The van der Waals surface area contributed by atoms with E-state index in [1.807, 2.05) is 67.6 Å². The smallest absolute Gasteiger partial charge is 0.226 e. The minimum Gasteiger partial charge on any atom is -0.504 e. The van der Waals surface area contributed by atoms with Gasteiger partial charge in [-0.2, -0.15) is 5.10 Å². The van der Waals surface area contributed by atoms with Crippen LogP contribution in [0, 0.1) is 6.92 Å². The molecule has 5 rings (SSSR count). The highest BCUT2D eigenvalue weighted by Gasteiger charge is 2.34. The number of anilines is 1. The lowest BCUT2D eigenvalue weighted by Gasteiger charge is -2.25. The summed E-state index contributed by atoms with van der Waals surface area (Å²) in [5.41, 5.74) is 5.65. The number of aryl methyl sites for hydroxylation is 1. The highest BCUT2D eigenvalue weighted by molar-refractivity contribution is 5.96. The molecular weight excluding hydrogens is 402 g/mol. The van der Waals surface area contributed by atoms with Crippen LogP contribution in [0.1, 0.15) is 29.0 Å². The molecule has 0 aliphatic carbocycles. The Hall–Kier alpha value is -4.06. The number of rotatable bonds is 4. The number of ether oxygens (including phenoxy) is 1. The summed E-state index contributed by atoms with van der Waals surface area (Å²) in [5.74, 6) is 0.795. The molecule has 1 aliphatic heterocycles. The molecule has 0 bridgehead atoms. The summed E-state index contributed by atoms with van der Waals surface area (Å²) in [4.78, 5) is 12.8. The number of amides is 1. The predicted molar refractivity (Wildman–Crippen MR) is 123 cm³/mol. The number of hydrogen-bond donors (Lipinski definition) is 2. The first kappa shape index (κ1) is 19.9. The molecule has 2 heterocycles. The molecule has 0 saturated carbocycles. The predicted octanol–water partition coefficient (Wildman–Crippen LogP) is 5.04. The minimum absolute atomic E-state index is 0.0652. The third kappa shape index (κ3) is 3.39. The lowest BCUT2D eigenvalue weighted by Crippen LogP contribution is -2.24. The summed E-state index contributed by atoms with van der Waals surface area (Å²) < 4.78 is 7.12. The fourth-order valence-electron chi connectivity index (χ4n) is 4.23. The van der Waals surface area contributed by atoms with Crippen LogP contribution in [0.3, 0.4) is 0 Å². The monoisotopic (exact) mass is 425 g/mol. The average Bonchev–Trinajstić information content (AvgIpc) is 3.19. The number of aromatic nitrogens is 2. The SMILES string of the molecule is COc1cc(C2CC(=O)Nc3c2c(-c2ccccc2)nn3-c2ccc(C)cc2)ccc1O. The van der Waals surface area contributed by atoms with Crippen molar-refractivity contribution in [2.45, 2.75) is 19.3 Å². The van der Waals surface area contributed by atoms with Crippen molar-refractivity contribution in [3.05, 3.63) is 89.5 Å². The van der Waals surface area contributed by atoms with E-state index in [4.69, 9.17) is 9.84 Å². The molecule has 0 fully saturated rings. The number of methoxy groups -OCH3 is 1. The molecule has 1 aromatic heterocycles. The van der Waals surface area contributed by atoms with Gasteiger partial charge < -0.3 is 15.2 Å². The molecule has 2 N–H and O–H groups in total. The Labute approximate surface area is 186 Å². The average molecular weight is 425 g/mol. The summed E-state index contributed by atoms with van der Waals surface area (Å²) in [5, 5.41) is 18.1. The van der Waals surface area contributed by atoms with Crippen LogP contribution in [-0.4, -0.2) is 27.9 Å². The minimum atomic E-state index is -0.234. The number of nitrogens with one attached hydrogen (secondary N) is 1. The zero-order valence-electron chi connectivity index (χ0n) is 17.9. The van der Waals surface area contributed by atoms with E-state index >= 15 is 0 Å². The molecule has 3 aromatic carbocycles. The lowest BCUT2D eigenvalue weighted by molar-refractivity contribution is -0.116. The van der Waals surface area contributed by atoms with Gasteiger partial charge in [0, 0.05) is 23.5 Å². The van der Waals surface area contributed by atoms with Crippen molar-refractivity contribution in [3.8, 4) is 28.4 Å². The van der Waals surface area contributed by atoms with Crippen molar-refractivity contribution in [1.29, 1.82) is 0 Å². The number of phenols is 1. The fraction of sp³-hybridized carbons (Fsp3) is 0.154. The van der Waals surface area contributed by atoms with Gasteiger partial charge in [0.05, 0.1) is 18.5 Å². The number of nitrogens with zero attached hydrogens (tertiary/aromatic N) is 2. The second-order valence-corrected chi connectivity index (χ2v) is 7.96. The van der Waals surface area contributed by atoms with E-state index in [-0.39, 0.29) is 24.0 Å². The van der Waals surface area contributed by atoms with Gasteiger partial charge in [-0.25, -0.2) is 4.68 Å². The van der Waals surface area contributed by atoms with Crippen LogP contribution in [0.5, 0.6) is 11.5 Å². The molecule has 1 aliphatic rings. The third-order valence-corrected chi connectivity index (χ3v) is 5.85. The molecule has 0 spiro atoms. The van der Waals surface area contributed by atoms with Crippen LogP contribution >= 0.6 is 0 Å². The van der Waals surface area contributed by atoms with Crippen LogP contribution < -0.4 is 10.1 Å². The van der Waals surface area contributed by atoms with Gasteiger partial charge in [-0.15, -0.1) is 0 Å². The first-order valence-electron chi connectivity index (χ1n) is 10.5. The summed E-state index contributed by atoms with van der Waals surface area (Å²) >= 11 is 0. The van der Waals surface area contributed by atoms with Crippen LogP contribution in [0.4, 0.5) is 5.82 Å². The Morgan fingerprint density at radius 1 is 1.06 bits per heavy atom. The van der Waals surface area contributed by atoms with Gasteiger partial charge >= 0.3 is 0 Å². The lowest BCUT2D eigenvalue weighted by atomic mass is 9.84. The Morgan fingerprint density at radius 2 is 1.81 bits per heavy atom. The van der Waals surface area contributed by atoms with Crippen molar-refractivity contribution in [1.82, 2.24) is 9.78 Å². The van der Waals surface area contributed by atoms with E-state index < -0.39 is 0 Å². The number of carbonyl (C=O) groups excluding carboxylic acids is 1. The molecule has 160 valence electrons. The molecule has 1 atom stereocenters. The fourth-order valence-corrected chi connectivity index (χ4v) is 4.23. The first-order valence-corrected chi connectivity index (χ1v) is 10.5. The van der Waals surface area contributed by atoms with E-state index in [1.165, 1.54) is 7.11 Å². The number of fused-ring (bicyclic) bond motifs is 1. The van der Waals surface area contributed by atoms with Gasteiger partial charge in [0.2, 0.25) is 5.91 Å². The van der Waals surface area contributed by atoms with E-state index in [0.717, 1.165) is 33.6 Å². The number of phenolic OH excluding ortho intramolecular Hbond substituents is 1. The highest BCUT2D eigenvalue weighted by atomic mass is 16.5. The molecule has 0 radical (unpaired) electrons. The topological polar surface area (TPSA) is 76.4 Å². The molecule has 0 saturated heterocycles. The normalized spacial score (nSPS) is 15.2. The Kier molecular flexibility index (Phi) is 4.90. The first-order chi connectivity index (χ1) is 15.5. The van der Waals surface area contributed by atoms with E-state index in [0.29, 0.717) is 11.6 Å². The molecule has 4 aromatic rings. The quantitative estimate of drug-likeness (QED) is 0.480. The summed E-state index contributed by atoms with van der Waals surface area (Å²) in [6.45, 7) is 2.04. The van der Waals surface area contributed by atoms with Crippen LogP contribution in [0.25, 0.3) is 16.9 Å². The molecule has 1 unspecified atom stereocenters. The van der Waals surface area contributed by atoms with E-state index in [2.05, 4.69) is 5.32 Å². The third-order valence-electron chi connectivity index (χ3n) is 5.85. The number of carbonyl (C=O) groups is 1. The second kappa shape index (κ2) is 7.89. The maximum absolute atomic E-state index is 12.8. The maximum atomic E-state index is 12.8. The van der Waals surface area contributed by atoms with Gasteiger partial charge in [0.15, 0.2) is 11.5 Å². The van der Waals surface area contributed by atoms with Crippen LogP contribution in [-0.2, 0) is 4.79 Å². The van der Waals surface area contributed by atoms with Crippen LogP contribution in [0.2, 0.25) is 0 Å². The largest absolute Gasteiger partial charge is 0.504 e. The molecule has 1 amide bonds. The van der Waals surface area contributed by atoms with Crippen molar-refractivity contribution < 1.29 is 14.6 Å². The number of aromatic hydroxyl groups is 1. The molecular formula is C26H23N3O3. The summed E-state index contributed by atoms with van der Waals surface area (Å²) in [6, 6.07) is 23.2. The summed E-state index contributed by atoms with van der Waals surface area (Å²) in [6.07, 6.45) is 0.278. The van der Waals surface area contributed by atoms with Gasteiger partial charge in [-0.3, -0.25) is 4.79 Å². The molecule has 6 nitrogen and oxygen atoms in total. The van der Waals surface area contributed by atoms with Gasteiger partial charge in [0.1, 0.15) is 5.82 Å². The second-order valence-electron chi connectivity index (χ2n) is 7.96. The maximum Gasteiger partial charge on any atom is 0.226 e. The number of hydrogen-bond acceptors (Lipinski definition) is 4. The Balaban J connectivity index is 1.75. The van der Waals surface area contributed by atoms with Gasteiger partial charge in [-0.05, 0) is 36.8 Å². The molecule has 32 heavy (non-hydrogen) atoms. The highest BCUT2D eigenvalue weighted by Crippen LogP contribution is 2.45. The summed E-state index contributed by atoms with van der Waals surface area (Å²) in [7, 11) is 1.52. The Bertz CT molecular complexity index is 1290. The van der Waals surface area contributed by atoms with E-state index in [9.17, 15) is 9.90 Å². The van der Waals surface area contributed by atoms with Crippen molar-refractivity contribution in [2.75, 3.05) is 12.4 Å². The Morgan fingerprint density at radius 3 is 2.53 bits per heavy atom. The standard InChI is InChI=1S/C26H23N3O3/c1-16-8-11-19(12-9-16)29-26-24(25(28-29)17-6-4-3-5-7-17)20(15-23(31)27-26)18-10-13-21(30)22(14-18)32-2/h3-14,20,30H,15H2,1-2H3,(H,27,31). The van der Waals surface area contributed by atoms with E-state index in [1.54, 1.807) is 16.8 Å². The van der Waals surface area contributed by atoms with Crippen LogP contribution in [0.15, 0.2) is 72.8 Å². The van der Waals surface area contributed by atoms with Crippen molar-refractivity contribution in [3.63, 3.8) is 0 Å². The van der Waals surface area contributed by atoms with Gasteiger partial charge in [-0.1, -0.05) is 54.1 Å². The molecule has 6 heteroatoms. The van der Waals surface area contributed by atoms with Crippen molar-refractivity contribution >= 4 is 11.7 Å². The zero-order valence-corrected chi connectivity index (χ0v) is 17.9. The number of benzene rings is 3.